The lowest BCUT2D eigenvalue weighted by Gasteiger charge is -2.22. The number of rotatable bonds is 6. The summed E-state index contributed by atoms with van der Waals surface area (Å²) in [7, 11) is 0. The molecule has 3 rings (SSSR count). The maximum absolute atomic E-state index is 11.0. The lowest BCUT2D eigenvalue weighted by atomic mass is 9.88. The van der Waals surface area contributed by atoms with Crippen molar-refractivity contribution in [3.63, 3.8) is 0 Å². The van der Waals surface area contributed by atoms with Crippen molar-refractivity contribution in [2.24, 2.45) is 5.92 Å². The number of benzene rings is 1. The van der Waals surface area contributed by atoms with Crippen LogP contribution in [-0.4, -0.2) is 20.6 Å². The highest BCUT2D eigenvalue weighted by Gasteiger charge is 2.22. The van der Waals surface area contributed by atoms with Crippen molar-refractivity contribution in [3.8, 4) is 0 Å². The van der Waals surface area contributed by atoms with Crippen molar-refractivity contribution in [1.82, 2.24) is 9.55 Å². The van der Waals surface area contributed by atoms with Crippen molar-refractivity contribution < 1.29 is 9.90 Å². The minimum atomic E-state index is -0.791. The van der Waals surface area contributed by atoms with Gasteiger partial charge in [0.25, 0.3) is 0 Å². The van der Waals surface area contributed by atoms with Gasteiger partial charge >= 0.3 is 5.97 Å². The van der Waals surface area contributed by atoms with Gasteiger partial charge < -0.3 is 9.67 Å². The molecule has 130 valence electrons. The van der Waals surface area contributed by atoms with Crippen LogP contribution in [0.4, 0.5) is 0 Å². The molecule has 1 saturated carbocycles. The van der Waals surface area contributed by atoms with Crippen LogP contribution < -0.4 is 0 Å². The summed E-state index contributed by atoms with van der Waals surface area (Å²) in [6.07, 6.45) is 7.59. The topological polar surface area (TPSA) is 55.1 Å². The molecule has 4 heteroatoms. The highest BCUT2D eigenvalue weighted by atomic mass is 16.4. The molecule has 4 nitrogen and oxygen atoms in total. The third-order valence-corrected chi connectivity index (χ3v) is 5.10. The Morgan fingerprint density at radius 1 is 1.29 bits per heavy atom. The first kappa shape index (κ1) is 17.0. The lowest BCUT2D eigenvalue weighted by Crippen LogP contribution is -2.13. The van der Waals surface area contributed by atoms with Crippen molar-refractivity contribution in [3.05, 3.63) is 29.6 Å². The number of carbonyl (C=O) groups is 1. The largest absolute Gasteiger partial charge is 0.481 e. The van der Waals surface area contributed by atoms with Gasteiger partial charge in [-0.1, -0.05) is 39.2 Å². The van der Waals surface area contributed by atoms with Gasteiger partial charge in [0.05, 0.1) is 17.5 Å². The first-order valence-electron chi connectivity index (χ1n) is 9.25. The summed E-state index contributed by atoms with van der Waals surface area (Å²) < 4.78 is 2.40. The Bertz CT molecular complexity index is 712. The van der Waals surface area contributed by atoms with Gasteiger partial charge in [-0.3, -0.25) is 4.79 Å². The Morgan fingerprint density at radius 2 is 2.04 bits per heavy atom. The predicted octanol–water partition coefficient (Wildman–Crippen LogP) is 4.76. The second-order valence-electron chi connectivity index (χ2n) is 7.53. The normalized spacial score (nSPS) is 16.1. The first-order valence-corrected chi connectivity index (χ1v) is 9.25. The van der Waals surface area contributed by atoms with Gasteiger partial charge in [0.1, 0.15) is 5.82 Å². The average molecular weight is 328 g/mol. The van der Waals surface area contributed by atoms with Crippen LogP contribution in [0.15, 0.2) is 18.2 Å². The molecule has 0 radical (unpaired) electrons. The van der Waals surface area contributed by atoms with Crippen molar-refractivity contribution in [2.45, 2.75) is 71.3 Å². The molecule has 1 heterocycles. The summed E-state index contributed by atoms with van der Waals surface area (Å²) >= 11 is 0. The van der Waals surface area contributed by atoms with Crippen LogP contribution in [0, 0.1) is 5.92 Å². The van der Waals surface area contributed by atoms with E-state index in [1.165, 1.54) is 37.9 Å². The van der Waals surface area contributed by atoms with E-state index in [9.17, 15) is 4.79 Å². The number of aryl methyl sites for hydroxylation is 1. The van der Waals surface area contributed by atoms with Gasteiger partial charge in [-0.15, -0.1) is 0 Å². The zero-order chi connectivity index (χ0) is 17.1. The quantitative estimate of drug-likeness (QED) is 0.832. The van der Waals surface area contributed by atoms with Gasteiger partial charge in [0, 0.05) is 12.5 Å². The van der Waals surface area contributed by atoms with Gasteiger partial charge in [0.15, 0.2) is 0 Å². The standard InChI is InChI=1S/C20H28N2O2/c1-14(2)10-11-22-18-9-8-15(13-19(23)24)12-17(18)21-20(22)16-6-4-3-5-7-16/h8-9,12,14,16H,3-7,10-11,13H2,1-2H3,(H,23,24). The third-order valence-electron chi connectivity index (χ3n) is 5.10. The molecule has 1 fully saturated rings. The summed E-state index contributed by atoms with van der Waals surface area (Å²) in [5.41, 5.74) is 2.95. The van der Waals surface area contributed by atoms with Gasteiger partial charge in [-0.2, -0.15) is 0 Å². The van der Waals surface area contributed by atoms with Crippen LogP contribution >= 0.6 is 0 Å². The van der Waals surface area contributed by atoms with Gasteiger partial charge in [-0.25, -0.2) is 4.98 Å². The van der Waals surface area contributed by atoms with E-state index in [-0.39, 0.29) is 6.42 Å². The maximum Gasteiger partial charge on any atom is 0.307 e. The highest BCUT2D eigenvalue weighted by Crippen LogP contribution is 2.34. The van der Waals surface area contributed by atoms with Crippen molar-refractivity contribution in [2.75, 3.05) is 0 Å². The number of aromatic nitrogens is 2. The molecule has 0 aliphatic heterocycles. The second-order valence-corrected chi connectivity index (χ2v) is 7.53. The SMILES string of the molecule is CC(C)CCn1c(C2CCCCC2)nc2cc(CC(=O)O)ccc21. The molecule has 0 spiro atoms. The number of carboxylic acids is 1. The molecular formula is C20H28N2O2. The van der Waals surface area contributed by atoms with Crippen LogP contribution in [0.2, 0.25) is 0 Å². The van der Waals surface area contributed by atoms with E-state index in [0.717, 1.165) is 29.6 Å². The fraction of sp³-hybridized carbons (Fsp3) is 0.600. The Kier molecular flexibility index (Phi) is 5.22. The third kappa shape index (κ3) is 3.80. The fourth-order valence-corrected chi connectivity index (χ4v) is 3.77. The average Bonchev–Trinajstić information content (AvgIpc) is 2.91. The number of aliphatic carboxylic acids is 1. The number of imidazole rings is 1. The zero-order valence-electron chi connectivity index (χ0n) is 14.8. The summed E-state index contributed by atoms with van der Waals surface area (Å²) in [5, 5.41) is 9.02. The molecule has 1 aliphatic carbocycles. The molecule has 1 aromatic heterocycles. The predicted molar refractivity (Wildman–Crippen MR) is 96.4 cm³/mol. The van der Waals surface area contributed by atoms with E-state index >= 15 is 0 Å². The maximum atomic E-state index is 11.0. The summed E-state index contributed by atoms with van der Waals surface area (Å²) in [6.45, 7) is 5.51. The molecule has 0 bridgehead atoms. The van der Waals surface area contributed by atoms with Gasteiger partial charge in [-0.05, 0) is 42.9 Å². The Balaban J connectivity index is 1.99. The number of hydrogen-bond acceptors (Lipinski definition) is 2. The number of fused-ring (bicyclic) bond motifs is 1. The second kappa shape index (κ2) is 7.37. The molecule has 1 aromatic carbocycles. The number of carboxylic acid groups (broad SMARTS) is 1. The van der Waals surface area contributed by atoms with E-state index in [2.05, 4.69) is 24.5 Å². The molecule has 0 unspecified atom stereocenters. The molecular weight excluding hydrogens is 300 g/mol. The molecule has 2 aromatic rings. The summed E-state index contributed by atoms with van der Waals surface area (Å²) in [6, 6.07) is 5.96. The molecule has 1 aliphatic rings. The van der Waals surface area contributed by atoms with Crippen LogP contribution in [0.5, 0.6) is 0 Å². The minimum Gasteiger partial charge on any atom is -0.481 e. The van der Waals surface area contributed by atoms with E-state index in [4.69, 9.17) is 10.1 Å². The Labute approximate surface area is 143 Å². The van der Waals surface area contributed by atoms with Crippen LogP contribution in [0.3, 0.4) is 0 Å². The Morgan fingerprint density at radius 3 is 2.71 bits per heavy atom. The van der Waals surface area contributed by atoms with Crippen LogP contribution in [0.25, 0.3) is 11.0 Å². The smallest absolute Gasteiger partial charge is 0.307 e. The monoisotopic (exact) mass is 328 g/mol. The molecule has 0 amide bonds. The summed E-state index contributed by atoms with van der Waals surface area (Å²) in [5.74, 6) is 1.65. The molecule has 1 N–H and O–H groups in total. The zero-order valence-corrected chi connectivity index (χ0v) is 14.8. The Hall–Kier alpha value is -1.84. The number of nitrogens with zero attached hydrogens (tertiary/aromatic N) is 2. The fourth-order valence-electron chi connectivity index (χ4n) is 3.77. The lowest BCUT2D eigenvalue weighted by molar-refractivity contribution is -0.136. The van der Waals surface area contributed by atoms with E-state index in [1.807, 2.05) is 12.1 Å². The first-order chi connectivity index (χ1) is 11.5. The molecule has 24 heavy (non-hydrogen) atoms. The van der Waals surface area contributed by atoms with Crippen LogP contribution in [0.1, 0.15) is 69.7 Å². The highest BCUT2D eigenvalue weighted by molar-refractivity contribution is 5.79. The minimum absolute atomic E-state index is 0.0631. The molecule has 0 atom stereocenters. The van der Waals surface area contributed by atoms with Crippen molar-refractivity contribution in [1.29, 1.82) is 0 Å². The van der Waals surface area contributed by atoms with Crippen LogP contribution in [-0.2, 0) is 17.8 Å². The van der Waals surface area contributed by atoms with Crippen molar-refractivity contribution >= 4 is 17.0 Å². The molecule has 0 saturated heterocycles. The van der Waals surface area contributed by atoms with E-state index < -0.39 is 5.97 Å². The summed E-state index contributed by atoms with van der Waals surface area (Å²) in [4.78, 5) is 15.9. The van der Waals surface area contributed by atoms with E-state index in [0.29, 0.717) is 11.8 Å². The number of hydrogen-bond donors (Lipinski definition) is 1. The van der Waals surface area contributed by atoms with Gasteiger partial charge in [0.2, 0.25) is 0 Å². The van der Waals surface area contributed by atoms with E-state index in [1.54, 1.807) is 0 Å².